The number of nitrogens with zero attached hydrogens (tertiary/aromatic N) is 3. The van der Waals surface area contributed by atoms with E-state index in [-0.39, 0.29) is 6.04 Å². The van der Waals surface area contributed by atoms with Crippen LogP contribution in [0.4, 0.5) is 0 Å². The molecule has 1 fully saturated rings. The van der Waals surface area contributed by atoms with Crippen LogP contribution in [-0.4, -0.2) is 34.2 Å². The molecule has 14 heavy (non-hydrogen) atoms. The van der Waals surface area contributed by atoms with Gasteiger partial charge in [-0.1, -0.05) is 12.1 Å². The second kappa shape index (κ2) is 4.06. The Morgan fingerprint density at radius 3 is 3.14 bits per heavy atom. The van der Waals surface area contributed by atoms with E-state index in [0.29, 0.717) is 11.8 Å². The highest BCUT2D eigenvalue weighted by atomic mass is 16.5. The molecule has 2 heterocycles. The van der Waals surface area contributed by atoms with E-state index < -0.39 is 0 Å². The Kier molecular flexibility index (Phi) is 2.79. The second-order valence-corrected chi connectivity index (χ2v) is 4.13. The molecule has 0 saturated carbocycles. The zero-order valence-electron chi connectivity index (χ0n) is 8.39. The van der Waals surface area contributed by atoms with E-state index in [1.807, 2.05) is 0 Å². The molecule has 0 radical (unpaired) electrons. The first-order valence-electron chi connectivity index (χ1n) is 4.97. The second-order valence-electron chi connectivity index (χ2n) is 4.13. The van der Waals surface area contributed by atoms with Gasteiger partial charge >= 0.3 is 0 Å². The SMILES string of the molecule is CC1CC(N)CN(Cc2ncno2)C1. The summed E-state index contributed by atoms with van der Waals surface area (Å²) in [6, 6.07) is 0.279. The Hall–Kier alpha value is -0.940. The fraction of sp³-hybridized carbons (Fsp3) is 0.778. The third kappa shape index (κ3) is 2.30. The molecule has 2 unspecified atom stereocenters. The van der Waals surface area contributed by atoms with E-state index in [9.17, 15) is 0 Å². The number of piperidine rings is 1. The first kappa shape index (κ1) is 9.61. The molecule has 0 aromatic carbocycles. The van der Waals surface area contributed by atoms with Gasteiger partial charge in [-0.3, -0.25) is 4.90 Å². The van der Waals surface area contributed by atoms with Crippen LogP contribution in [0.5, 0.6) is 0 Å². The summed E-state index contributed by atoms with van der Waals surface area (Å²) in [5.41, 5.74) is 5.94. The maximum atomic E-state index is 5.94. The molecule has 1 aromatic heterocycles. The van der Waals surface area contributed by atoms with E-state index in [0.717, 1.165) is 26.1 Å². The fourth-order valence-corrected chi connectivity index (χ4v) is 2.10. The van der Waals surface area contributed by atoms with Crippen molar-refractivity contribution in [3.8, 4) is 0 Å². The summed E-state index contributed by atoms with van der Waals surface area (Å²) < 4.78 is 4.96. The summed E-state index contributed by atoms with van der Waals surface area (Å²) >= 11 is 0. The van der Waals surface area contributed by atoms with Crippen LogP contribution in [0.25, 0.3) is 0 Å². The lowest BCUT2D eigenvalue weighted by atomic mass is 9.97. The van der Waals surface area contributed by atoms with Crippen LogP contribution in [0.2, 0.25) is 0 Å². The third-order valence-electron chi connectivity index (χ3n) is 2.53. The topological polar surface area (TPSA) is 68.2 Å². The van der Waals surface area contributed by atoms with Gasteiger partial charge in [0.2, 0.25) is 5.89 Å². The van der Waals surface area contributed by atoms with Gasteiger partial charge in [0, 0.05) is 19.1 Å². The average Bonchev–Trinajstić information content (AvgIpc) is 2.54. The molecule has 2 atom stereocenters. The standard InChI is InChI=1S/C9H16N4O/c1-7-2-8(10)4-13(3-7)5-9-11-6-12-14-9/h6-8H,2-5,10H2,1H3. The third-order valence-corrected chi connectivity index (χ3v) is 2.53. The van der Waals surface area contributed by atoms with E-state index in [4.69, 9.17) is 10.3 Å². The van der Waals surface area contributed by atoms with E-state index in [2.05, 4.69) is 22.0 Å². The molecule has 1 aliphatic rings. The molecule has 0 aliphatic carbocycles. The molecule has 1 aliphatic heterocycles. The minimum atomic E-state index is 0.279. The molecular weight excluding hydrogens is 180 g/mol. The molecule has 2 N–H and O–H groups in total. The Morgan fingerprint density at radius 1 is 1.64 bits per heavy atom. The van der Waals surface area contributed by atoms with Crippen molar-refractivity contribution in [3.63, 3.8) is 0 Å². The molecule has 2 rings (SSSR count). The molecule has 1 saturated heterocycles. The lowest BCUT2D eigenvalue weighted by Gasteiger charge is -2.33. The predicted molar refractivity (Wildman–Crippen MR) is 51.3 cm³/mol. The van der Waals surface area contributed by atoms with Crippen molar-refractivity contribution in [2.75, 3.05) is 13.1 Å². The monoisotopic (exact) mass is 196 g/mol. The largest absolute Gasteiger partial charge is 0.338 e. The number of rotatable bonds is 2. The van der Waals surface area contributed by atoms with Gasteiger partial charge < -0.3 is 10.3 Å². The lowest BCUT2D eigenvalue weighted by Crippen LogP contribution is -2.45. The smallest absolute Gasteiger partial charge is 0.240 e. The highest BCUT2D eigenvalue weighted by Gasteiger charge is 2.23. The molecule has 5 heteroatoms. The summed E-state index contributed by atoms with van der Waals surface area (Å²) in [6.07, 6.45) is 2.54. The van der Waals surface area contributed by atoms with Crippen molar-refractivity contribution >= 4 is 0 Å². The van der Waals surface area contributed by atoms with Crippen molar-refractivity contribution < 1.29 is 4.52 Å². The summed E-state index contributed by atoms with van der Waals surface area (Å²) in [5.74, 6) is 1.33. The van der Waals surface area contributed by atoms with E-state index >= 15 is 0 Å². The minimum Gasteiger partial charge on any atom is -0.338 e. The highest BCUT2D eigenvalue weighted by Crippen LogP contribution is 2.16. The summed E-state index contributed by atoms with van der Waals surface area (Å²) in [5, 5.41) is 3.58. The zero-order chi connectivity index (χ0) is 9.97. The predicted octanol–water partition coefficient (Wildman–Crippen LogP) is 0.239. The molecule has 1 aromatic rings. The number of aromatic nitrogens is 2. The molecule has 78 valence electrons. The molecule has 5 nitrogen and oxygen atoms in total. The van der Waals surface area contributed by atoms with Crippen molar-refractivity contribution in [2.45, 2.75) is 25.9 Å². The van der Waals surface area contributed by atoms with Gasteiger partial charge in [0.25, 0.3) is 0 Å². The van der Waals surface area contributed by atoms with Crippen molar-refractivity contribution in [1.82, 2.24) is 15.0 Å². The Morgan fingerprint density at radius 2 is 2.50 bits per heavy atom. The fourth-order valence-electron chi connectivity index (χ4n) is 2.10. The Bertz CT molecular complexity index is 264. The van der Waals surface area contributed by atoms with Crippen LogP contribution in [-0.2, 0) is 6.54 Å². The first-order chi connectivity index (χ1) is 6.74. The minimum absolute atomic E-state index is 0.279. The normalized spacial score (nSPS) is 29.3. The first-order valence-corrected chi connectivity index (χ1v) is 4.97. The van der Waals surface area contributed by atoms with Crippen molar-refractivity contribution in [3.05, 3.63) is 12.2 Å². The number of hydrogen-bond acceptors (Lipinski definition) is 5. The summed E-state index contributed by atoms with van der Waals surface area (Å²) in [4.78, 5) is 6.27. The van der Waals surface area contributed by atoms with Crippen LogP contribution in [0.3, 0.4) is 0 Å². The van der Waals surface area contributed by atoms with Crippen LogP contribution < -0.4 is 5.73 Å². The van der Waals surface area contributed by atoms with Gasteiger partial charge in [-0.15, -0.1) is 0 Å². The van der Waals surface area contributed by atoms with Gasteiger partial charge in [-0.2, -0.15) is 4.98 Å². The summed E-state index contributed by atoms with van der Waals surface area (Å²) in [6.45, 7) is 4.93. The van der Waals surface area contributed by atoms with Crippen LogP contribution in [0, 0.1) is 5.92 Å². The van der Waals surface area contributed by atoms with Crippen LogP contribution in [0.15, 0.2) is 10.9 Å². The maximum Gasteiger partial charge on any atom is 0.240 e. The molecule has 0 bridgehead atoms. The molecule has 0 amide bonds. The van der Waals surface area contributed by atoms with Gasteiger partial charge in [-0.25, -0.2) is 0 Å². The lowest BCUT2D eigenvalue weighted by molar-refractivity contribution is 0.142. The molecular formula is C9H16N4O. The Labute approximate surface area is 83.3 Å². The maximum absolute atomic E-state index is 5.94. The number of nitrogens with two attached hydrogens (primary N) is 1. The van der Waals surface area contributed by atoms with Gasteiger partial charge in [0.05, 0.1) is 6.54 Å². The summed E-state index contributed by atoms with van der Waals surface area (Å²) in [7, 11) is 0. The van der Waals surface area contributed by atoms with Gasteiger partial charge in [-0.05, 0) is 12.3 Å². The quantitative estimate of drug-likeness (QED) is 0.733. The van der Waals surface area contributed by atoms with Crippen LogP contribution >= 0.6 is 0 Å². The van der Waals surface area contributed by atoms with Gasteiger partial charge in [0.1, 0.15) is 0 Å². The number of hydrogen-bond donors (Lipinski definition) is 1. The molecule has 0 spiro atoms. The van der Waals surface area contributed by atoms with Crippen molar-refractivity contribution in [2.24, 2.45) is 11.7 Å². The van der Waals surface area contributed by atoms with Crippen molar-refractivity contribution in [1.29, 1.82) is 0 Å². The average molecular weight is 196 g/mol. The van der Waals surface area contributed by atoms with E-state index in [1.54, 1.807) is 0 Å². The van der Waals surface area contributed by atoms with E-state index in [1.165, 1.54) is 6.33 Å². The Balaban J connectivity index is 1.91. The number of likely N-dealkylation sites (tertiary alicyclic amines) is 1. The van der Waals surface area contributed by atoms with Crippen LogP contribution in [0.1, 0.15) is 19.2 Å². The highest BCUT2D eigenvalue weighted by molar-refractivity contribution is 4.83. The van der Waals surface area contributed by atoms with Gasteiger partial charge in [0.15, 0.2) is 6.33 Å². The zero-order valence-corrected chi connectivity index (χ0v) is 8.39.